The lowest BCUT2D eigenvalue weighted by Gasteiger charge is -2.20. The van der Waals surface area contributed by atoms with Gasteiger partial charge in [0.1, 0.15) is 11.6 Å². The Morgan fingerprint density at radius 1 is 0.657 bits per heavy atom. The second kappa shape index (κ2) is 16.5. The van der Waals surface area contributed by atoms with Crippen LogP contribution in [0, 0.1) is 39.3 Å². The van der Waals surface area contributed by atoms with E-state index in [-0.39, 0.29) is 29.9 Å². The first-order chi connectivity index (χ1) is 16.0. The van der Waals surface area contributed by atoms with Crippen LogP contribution in [0.3, 0.4) is 0 Å². The second-order valence-electron chi connectivity index (χ2n) is 9.02. The van der Waals surface area contributed by atoms with Crippen molar-refractivity contribution < 1.29 is 32.8 Å². The lowest BCUT2D eigenvalue weighted by Crippen LogP contribution is -2.34. The van der Waals surface area contributed by atoms with Crippen LogP contribution in [0.4, 0.5) is 8.78 Å². The average molecular weight is 559 g/mol. The van der Waals surface area contributed by atoms with Crippen LogP contribution in [0.1, 0.15) is 63.8 Å². The summed E-state index contributed by atoms with van der Waals surface area (Å²) >= 11 is 3.35. The van der Waals surface area contributed by atoms with Gasteiger partial charge < -0.3 is 24.0 Å². The predicted molar refractivity (Wildman–Crippen MR) is 144 cm³/mol. The molecule has 0 atom stereocenters. The summed E-state index contributed by atoms with van der Waals surface area (Å²) in [6.07, 6.45) is 0.340. The molecule has 0 aromatic heterocycles. The Balaban J connectivity index is 0.000000499. The fourth-order valence-corrected chi connectivity index (χ4v) is 3.21. The third kappa shape index (κ3) is 14.1. The van der Waals surface area contributed by atoms with Gasteiger partial charge in [-0.05, 0) is 121 Å². The number of aryl methyl sites for hydroxylation is 4. The van der Waals surface area contributed by atoms with Gasteiger partial charge >= 0.3 is 14.4 Å². The Kier molecular flexibility index (Phi) is 15.8. The Labute approximate surface area is 218 Å². The lowest BCUT2D eigenvalue weighted by molar-refractivity contribution is 0.0335. The van der Waals surface area contributed by atoms with Crippen molar-refractivity contribution in [1.82, 2.24) is 0 Å². The van der Waals surface area contributed by atoms with E-state index in [2.05, 4.69) is 15.9 Å². The maximum Gasteiger partial charge on any atom is 0.639 e. The lowest BCUT2D eigenvalue weighted by atomic mass is 9.74. The van der Waals surface area contributed by atoms with Crippen LogP contribution in [0.2, 0.25) is 0 Å². The molecule has 0 radical (unpaired) electrons. The summed E-state index contributed by atoms with van der Waals surface area (Å²) < 4.78 is 42.6. The van der Waals surface area contributed by atoms with Crippen LogP contribution in [0.15, 0.2) is 28.7 Å². The second-order valence-corrected chi connectivity index (χ2v) is 9.82. The Morgan fingerprint density at radius 2 is 0.943 bits per heavy atom. The summed E-state index contributed by atoms with van der Waals surface area (Å²) in [4.78, 5) is 0. The SMILES string of the molecule is CC(C)OB(OC(C)C)OC(C)C.Cc1cc(F)cc(C)c1B(O)O.Cc1cc(F)cc(C)c1Br. The fraction of sp³-hybridized carbons (Fsp3) is 0.520. The largest absolute Gasteiger partial charge is 0.639 e. The van der Waals surface area contributed by atoms with Crippen molar-refractivity contribution in [1.29, 1.82) is 0 Å². The molecule has 2 aromatic carbocycles. The molecular weight excluding hydrogens is 520 g/mol. The van der Waals surface area contributed by atoms with Crippen molar-refractivity contribution >= 4 is 35.8 Å². The first-order valence-electron chi connectivity index (χ1n) is 11.6. The minimum atomic E-state index is -1.52. The number of halogens is 3. The van der Waals surface area contributed by atoms with Crippen LogP contribution in [0.25, 0.3) is 0 Å². The Hall–Kier alpha value is -1.29. The molecule has 0 heterocycles. The minimum absolute atomic E-state index is 0.113. The Morgan fingerprint density at radius 3 is 1.20 bits per heavy atom. The van der Waals surface area contributed by atoms with E-state index < -0.39 is 14.4 Å². The quantitative estimate of drug-likeness (QED) is 0.435. The maximum absolute atomic E-state index is 12.7. The summed E-state index contributed by atoms with van der Waals surface area (Å²) in [6, 6.07) is 5.58. The van der Waals surface area contributed by atoms with E-state index in [1.54, 1.807) is 13.8 Å². The normalized spacial score (nSPS) is 10.7. The first kappa shape index (κ1) is 33.7. The van der Waals surface area contributed by atoms with Gasteiger partial charge in [-0.15, -0.1) is 0 Å². The molecule has 2 aromatic rings. The van der Waals surface area contributed by atoms with Crippen LogP contribution >= 0.6 is 15.9 Å². The fourth-order valence-electron chi connectivity index (χ4n) is 2.99. The highest BCUT2D eigenvalue weighted by molar-refractivity contribution is 9.10. The number of hydrogen-bond donors (Lipinski definition) is 2. The van der Waals surface area contributed by atoms with Gasteiger partial charge in [0, 0.05) is 22.8 Å². The summed E-state index contributed by atoms with van der Waals surface area (Å²) in [5.41, 5.74) is 3.39. The van der Waals surface area contributed by atoms with E-state index in [0.29, 0.717) is 16.6 Å². The van der Waals surface area contributed by atoms with Gasteiger partial charge in [0.25, 0.3) is 0 Å². The number of benzene rings is 2. The molecule has 0 bridgehead atoms. The summed E-state index contributed by atoms with van der Waals surface area (Å²) in [5, 5.41) is 17.8. The minimum Gasteiger partial charge on any atom is -0.423 e. The van der Waals surface area contributed by atoms with Crippen molar-refractivity contribution in [3.05, 3.63) is 62.6 Å². The van der Waals surface area contributed by atoms with Crippen molar-refractivity contribution in [2.45, 2.75) is 87.5 Å². The summed E-state index contributed by atoms with van der Waals surface area (Å²) in [7, 11) is -2.06. The standard InChI is InChI=1S/C9H21BO3.C8H10BFO2.C8H8BrF/c1-7(2)11-10(12-8(3)4)13-9(5)6;1-5-3-7(10)4-6(2)8(5)9(11)12;1-5-3-7(10)4-6(2)8(5)9/h7-9H,1-6H3;3-4,11-12H,1-2H3;3-4H,1-2H3. The van der Waals surface area contributed by atoms with E-state index >= 15 is 0 Å². The highest BCUT2D eigenvalue weighted by Crippen LogP contribution is 2.21. The highest BCUT2D eigenvalue weighted by Gasteiger charge is 2.25. The number of rotatable bonds is 7. The molecule has 0 unspecified atom stereocenters. The molecule has 196 valence electrons. The van der Waals surface area contributed by atoms with E-state index in [1.807, 2.05) is 55.4 Å². The van der Waals surface area contributed by atoms with Crippen molar-refractivity contribution in [2.24, 2.45) is 0 Å². The van der Waals surface area contributed by atoms with Gasteiger partial charge in [-0.25, -0.2) is 8.78 Å². The average Bonchev–Trinajstić information content (AvgIpc) is 2.64. The topological polar surface area (TPSA) is 68.2 Å². The van der Waals surface area contributed by atoms with Gasteiger partial charge in [-0.3, -0.25) is 0 Å². The molecule has 0 aliphatic carbocycles. The molecule has 0 aliphatic heterocycles. The smallest absolute Gasteiger partial charge is 0.423 e. The molecule has 2 N–H and O–H groups in total. The van der Waals surface area contributed by atoms with Crippen molar-refractivity contribution in [3.63, 3.8) is 0 Å². The first-order valence-corrected chi connectivity index (χ1v) is 12.4. The molecule has 0 fully saturated rings. The zero-order valence-electron chi connectivity index (χ0n) is 22.4. The molecule has 0 amide bonds. The Bertz CT molecular complexity index is 842. The van der Waals surface area contributed by atoms with Gasteiger partial charge in [0.2, 0.25) is 0 Å². The number of hydrogen-bond acceptors (Lipinski definition) is 5. The van der Waals surface area contributed by atoms with Crippen LogP contribution in [0.5, 0.6) is 0 Å². The molecule has 0 saturated carbocycles. The van der Waals surface area contributed by atoms with E-state index in [1.165, 1.54) is 24.3 Å². The molecule has 0 saturated heterocycles. The van der Waals surface area contributed by atoms with Crippen LogP contribution in [-0.2, 0) is 14.0 Å². The predicted octanol–water partition coefficient (Wildman–Crippen LogP) is 5.57. The highest BCUT2D eigenvalue weighted by atomic mass is 79.9. The molecule has 0 spiro atoms. The molecule has 5 nitrogen and oxygen atoms in total. The molecule has 35 heavy (non-hydrogen) atoms. The molecule has 0 aliphatic rings. The van der Waals surface area contributed by atoms with Crippen molar-refractivity contribution in [3.8, 4) is 0 Å². The van der Waals surface area contributed by atoms with Crippen LogP contribution < -0.4 is 5.46 Å². The third-order valence-corrected chi connectivity index (χ3v) is 5.62. The van der Waals surface area contributed by atoms with E-state index in [9.17, 15) is 8.78 Å². The maximum atomic E-state index is 12.7. The summed E-state index contributed by atoms with van der Waals surface area (Å²) in [6.45, 7) is 18.8. The van der Waals surface area contributed by atoms with Gasteiger partial charge in [0.15, 0.2) is 0 Å². The van der Waals surface area contributed by atoms with E-state index in [0.717, 1.165) is 15.6 Å². The van der Waals surface area contributed by atoms with E-state index in [4.69, 9.17) is 24.0 Å². The van der Waals surface area contributed by atoms with Crippen LogP contribution in [-0.4, -0.2) is 42.8 Å². The van der Waals surface area contributed by atoms with Crippen molar-refractivity contribution in [2.75, 3.05) is 0 Å². The van der Waals surface area contributed by atoms with Gasteiger partial charge in [-0.2, -0.15) is 0 Å². The molecular formula is C25H39B2BrF2O5. The molecule has 10 heteroatoms. The zero-order valence-corrected chi connectivity index (χ0v) is 24.0. The third-order valence-electron chi connectivity index (χ3n) is 4.37. The monoisotopic (exact) mass is 558 g/mol. The zero-order chi connectivity index (χ0) is 27.5. The van der Waals surface area contributed by atoms with Gasteiger partial charge in [0.05, 0.1) is 0 Å². The van der Waals surface area contributed by atoms with Gasteiger partial charge in [-0.1, -0.05) is 15.9 Å². The summed E-state index contributed by atoms with van der Waals surface area (Å²) in [5.74, 6) is -0.521. The molecule has 2 rings (SSSR count).